The summed E-state index contributed by atoms with van der Waals surface area (Å²) in [5.74, 6) is 0.687. The van der Waals surface area contributed by atoms with Gasteiger partial charge >= 0.3 is 8.77 Å². The molecule has 0 aromatic heterocycles. The largest absolute Gasteiger partial charge is 0.326 e. The molecule has 1 atom stereocenters. The average molecular weight is 272 g/mol. The number of rotatable bonds is 4. The first-order chi connectivity index (χ1) is 7.97. The van der Waals surface area contributed by atoms with Crippen LogP contribution in [0.25, 0.3) is 0 Å². The van der Waals surface area contributed by atoms with Crippen molar-refractivity contribution in [1.29, 1.82) is 0 Å². The Morgan fingerprint density at radius 3 is 2.47 bits per heavy atom. The molecule has 1 aliphatic carbocycles. The van der Waals surface area contributed by atoms with Crippen molar-refractivity contribution >= 4 is 19.1 Å². The molecule has 1 aliphatic rings. The zero-order chi connectivity index (χ0) is 12.5. The lowest BCUT2D eigenvalue weighted by molar-refractivity contribution is 0.560. The Morgan fingerprint density at radius 2 is 2.00 bits per heavy atom. The quantitative estimate of drug-likeness (QED) is 0.823. The molecule has 17 heavy (non-hydrogen) atoms. The third kappa shape index (κ3) is 3.04. The van der Waals surface area contributed by atoms with E-state index < -0.39 is 8.77 Å². The summed E-state index contributed by atoms with van der Waals surface area (Å²) in [6.07, 6.45) is 2.19. The number of hydrogen-bond acceptors (Lipinski definition) is 2. The fourth-order valence-electron chi connectivity index (χ4n) is 1.59. The van der Waals surface area contributed by atoms with Gasteiger partial charge in [0.1, 0.15) is 4.90 Å². The van der Waals surface area contributed by atoms with Crippen LogP contribution in [0.15, 0.2) is 29.2 Å². The second kappa shape index (κ2) is 4.65. The smallest absolute Gasteiger partial charge is 0.310 e. The first-order valence-electron chi connectivity index (χ1n) is 5.64. The van der Waals surface area contributed by atoms with E-state index in [0.29, 0.717) is 10.6 Å². The SMILES string of the molecule is CNC1(C[S+]=S(=O)(O)c2ccc(C)cc2)CC1. The molecule has 0 heterocycles. The highest BCUT2D eigenvalue weighted by Gasteiger charge is 2.46. The number of aryl methyl sites for hydroxylation is 1. The maximum Gasteiger partial charge on any atom is 0.326 e. The van der Waals surface area contributed by atoms with E-state index in [-0.39, 0.29) is 5.54 Å². The Hall–Kier alpha value is -0.490. The van der Waals surface area contributed by atoms with E-state index in [1.54, 1.807) is 12.1 Å². The zero-order valence-electron chi connectivity index (χ0n) is 10.1. The minimum Gasteiger partial charge on any atom is -0.310 e. The molecule has 1 aromatic carbocycles. The molecule has 1 unspecified atom stereocenters. The molecule has 1 saturated carbocycles. The highest BCUT2D eigenvalue weighted by atomic mass is 32.9. The van der Waals surface area contributed by atoms with Gasteiger partial charge in [-0.15, -0.1) is 0 Å². The van der Waals surface area contributed by atoms with E-state index in [4.69, 9.17) is 0 Å². The molecule has 3 nitrogen and oxygen atoms in total. The minimum atomic E-state index is -2.95. The summed E-state index contributed by atoms with van der Waals surface area (Å²) < 4.78 is 22.2. The Bertz CT molecular complexity index is 512. The monoisotopic (exact) mass is 272 g/mol. The molecular formula is C12H18NO2S2+. The topological polar surface area (TPSA) is 49.3 Å². The van der Waals surface area contributed by atoms with Gasteiger partial charge in [0, 0.05) is 0 Å². The molecule has 94 valence electrons. The third-order valence-electron chi connectivity index (χ3n) is 3.20. The van der Waals surface area contributed by atoms with Gasteiger partial charge in [-0.05, 0) is 38.9 Å². The van der Waals surface area contributed by atoms with Crippen molar-refractivity contribution in [3.05, 3.63) is 29.8 Å². The normalized spacial score (nSPS) is 20.6. The van der Waals surface area contributed by atoms with Crippen molar-refractivity contribution in [2.45, 2.75) is 30.2 Å². The molecule has 0 radical (unpaired) electrons. The molecule has 0 aliphatic heterocycles. The van der Waals surface area contributed by atoms with Crippen molar-refractivity contribution in [3.8, 4) is 0 Å². The van der Waals surface area contributed by atoms with Crippen LogP contribution in [0.4, 0.5) is 0 Å². The van der Waals surface area contributed by atoms with Gasteiger partial charge in [-0.1, -0.05) is 17.7 Å². The lowest BCUT2D eigenvalue weighted by Crippen LogP contribution is -2.31. The highest BCUT2D eigenvalue weighted by Crippen LogP contribution is 2.34. The van der Waals surface area contributed by atoms with Crippen molar-refractivity contribution in [3.63, 3.8) is 0 Å². The van der Waals surface area contributed by atoms with Crippen LogP contribution >= 0.6 is 0 Å². The second-order valence-electron chi connectivity index (χ2n) is 4.58. The van der Waals surface area contributed by atoms with Crippen molar-refractivity contribution < 1.29 is 8.76 Å². The summed E-state index contributed by atoms with van der Waals surface area (Å²) in [5, 5.41) is 3.23. The van der Waals surface area contributed by atoms with E-state index in [1.165, 1.54) is 0 Å². The van der Waals surface area contributed by atoms with Crippen molar-refractivity contribution in [2.75, 3.05) is 12.8 Å². The minimum absolute atomic E-state index is 0.0980. The van der Waals surface area contributed by atoms with Gasteiger partial charge < -0.3 is 5.32 Å². The average Bonchev–Trinajstić information content (AvgIpc) is 3.08. The van der Waals surface area contributed by atoms with E-state index in [9.17, 15) is 8.76 Å². The van der Waals surface area contributed by atoms with Gasteiger partial charge in [0.2, 0.25) is 5.75 Å². The van der Waals surface area contributed by atoms with E-state index in [1.807, 2.05) is 26.1 Å². The molecule has 5 heteroatoms. The number of benzene rings is 1. The van der Waals surface area contributed by atoms with E-state index in [2.05, 4.69) is 5.32 Å². The first-order valence-corrected chi connectivity index (χ1v) is 8.66. The molecule has 0 bridgehead atoms. The van der Waals surface area contributed by atoms with Crippen LogP contribution in [0.2, 0.25) is 0 Å². The molecule has 2 N–H and O–H groups in total. The molecule has 1 fully saturated rings. The lowest BCUT2D eigenvalue weighted by atomic mass is 10.2. The van der Waals surface area contributed by atoms with Gasteiger partial charge in [-0.2, -0.15) is 4.21 Å². The number of nitrogens with one attached hydrogen (secondary N) is 1. The fraction of sp³-hybridized carbons (Fsp3) is 0.500. The first kappa shape index (κ1) is 13.0. The van der Waals surface area contributed by atoms with Crippen LogP contribution in [-0.4, -0.2) is 27.1 Å². The summed E-state index contributed by atoms with van der Waals surface area (Å²) in [6.45, 7) is 1.97. The summed E-state index contributed by atoms with van der Waals surface area (Å²) in [5.41, 5.74) is 1.20. The maximum absolute atomic E-state index is 12.2. The third-order valence-corrected chi connectivity index (χ3v) is 6.94. The summed E-state index contributed by atoms with van der Waals surface area (Å²) in [7, 11) is 0.114. The summed E-state index contributed by atoms with van der Waals surface area (Å²) in [4.78, 5) is 0.514. The van der Waals surface area contributed by atoms with Crippen LogP contribution < -0.4 is 5.32 Å². The Balaban J connectivity index is 2.20. The Kier molecular flexibility index (Phi) is 3.54. The molecule has 0 spiro atoms. The second-order valence-corrected chi connectivity index (χ2v) is 8.59. The predicted molar refractivity (Wildman–Crippen MR) is 73.5 cm³/mol. The van der Waals surface area contributed by atoms with Gasteiger partial charge in [-0.3, -0.25) is 4.55 Å². The molecular weight excluding hydrogens is 254 g/mol. The van der Waals surface area contributed by atoms with Gasteiger partial charge in [-0.25, -0.2) is 0 Å². The molecule has 2 rings (SSSR count). The summed E-state index contributed by atoms with van der Waals surface area (Å²) >= 11 is 0. The molecule has 0 saturated heterocycles. The van der Waals surface area contributed by atoms with E-state index in [0.717, 1.165) is 28.7 Å². The van der Waals surface area contributed by atoms with Crippen LogP contribution in [0.5, 0.6) is 0 Å². The van der Waals surface area contributed by atoms with Crippen LogP contribution in [-0.2, 0) is 19.1 Å². The Morgan fingerprint density at radius 1 is 1.41 bits per heavy atom. The van der Waals surface area contributed by atoms with Crippen molar-refractivity contribution in [1.82, 2.24) is 5.32 Å². The van der Waals surface area contributed by atoms with Crippen molar-refractivity contribution in [2.24, 2.45) is 0 Å². The van der Waals surface area contributed by atoms with E-state index >= 15 is 0 Å². The van der Waals surface area contributed by atoms with Gasteiger partial charge in [0.05, 0.1) is 5.54 Å². The molecule has 0 amide bonds. The fourth-order valence-corrected chi connectivity index (χ4v) is 4.92. The van der Waals surface area contributed by atoms with Crippen LogP contribution in [0.1, 0.15) is 18.4 Å². The number of hydrogen-bond donors (Lipinski definition) is 2. The lowest BCUT2D eigenvalue weighted by Gasteiger charge is -2.03. The standard InChI is InChI=1S/C12H17NO2S2/c1-10-3-5-11(6-4-10)17(14,15)16-9-12(13-2)7-8-12/h3-6,13H,7-9H2,1-2H3/p+1. The zero-order valence-corrected chi connectivity index (χ0v) is 11.7. The predicted octanol–water partition coefficient (Wildman–Crippen LogP) is 1.86. The van der Waals surface area contributed by atoms with Gasteiger partial charge in [0.15, 0.2) is 0 Å². The van der Waals surface area contributed by atoms with Gasteiger partial charge in [0.25, 0.3) is 10.3 Å². The molecule has 1 aromatic rings. The Labute approximate surface area is 106 Å². The maximum atomic E-state index is 12.2. The van der Waals surface area contributed by atoms with Crippen LogP contribution in [0.3, 0.4) is 0 Å². The van der Waals surface area contributed by atoms with Crippen LogP contribution in [0, 0.1) is 6.92 Å². The highest BCUT2D eigenvalue weighted by molar-refractivity contribution is 8.36. The summed E-state index contributed by atoms with van der Waals surface area (Å²) in [6, 6.07) is 7.22.